The molecule has 1 aliphatic rings. The van der Waals surface area contributed by atoms with E-state index in [1.165, 1.54) is 17.0 Å². The summed E-state index contributed by atoms with van der Waals surface area (Å²) in [6.07, 6.45) is 4.15. The smallest absolute Gasteiger partial charge is 0.262 e. The first-order valence-electron chi connectivity index (χ1n) is 10.3. The zero-order chi connectivity index (χ0) is 22.5. The van der Waals surface area contributed by atoms with Crippen molar-refractivity contribution in [1.82, 2.24) is 29.2 Å². The van der Waals surface area contributed by atoms with Crippen molar-refractivity contribution in [2.75, 3.05) is 13.1 Å². The second kappa shape index (κ2) is 7.84. The van der Waals surface area contributed by atoms with Crippen LogP contribution in [-0.2, 0) is 13.6 Å². The summed E-state index contributed by atoms with van der Waals surface area (Å²) in [5, 5.41) is 18.8. The van der Waals surface area contributed by atoms with Crippen molar-refractivity contribution in [3.05, 3.63) is 64.2 Å². The Morgan fingerprint density at radius 2 is 2.03 bits per heavy atom. The van der Waals surface area contributed by atoms with E-state index in [0.29, 0.717) is 53.9 Å². The van der Waals surface area contributed by atoms with Crippen LogP contribution < -0.4 is 10.9 Å². The van der Waals surface area contributed by atoms with Gasteiger partial charge in [0, 0.05) is 24.5 Å². The minimum Gasteiger partial charge on any atom is -0.388 e. The predicted octanol–water partition coefficient (Wildman–Crippen LogP) is 2.49. The fourth-order valence-corrected chi connectivity index (χ4v) is 4.59. The molecule has 0 radical (unpaired) electrons. The van der Waals surface area contributed by atoms with E-state index < -0.39 is 11.4 Å². The number of rotatable bonds is 4. The van der Waals surface area contributed by atoms with E-state index in [9.17, 15) is 14.3 Å². The minimum atomic E-state index is -0.953. The van der Waals surface area contributed by atoms with E-state index in [2.05, 4.69) is 15.4 Å². The standard InChI is InChI=1S/C22H22ClFN6O2/c1-28-18(4-7-27-28)15-10-14(2-3-17(15)24)30-19(23)11-16-20(30)26-13-29(21(16)31)12-22(32)5-8-25-9-6-22/h2-4,7,10-11,13,25,32H,5-6,8-9,12H2,1H3. The average Bonchev–Trinajstić information content (AvgIpc) is 3.34. The van der Waals surface area contributed by atoms with Gasteiger partial charge in [0.05, 0.1) is 23.2 Å². The van der Waals surface area contributed by atoms with Crippen LogP contribution in [0.2, 0.25) is 5.15 Å². The van der Waals surface area contributed by atoms with Gasteiger partial charge < -0.3 is 10.4 Å². The second-order valence-corrected chi connectivity index (χ2v) is 8.58. The monoisotopic (exact) mass is 456 g/mol. The first kappa shape index (κ1) is 20.9. The number of nitrogens with zero attached hydrogens (tertiary/aromatic N) is 5. The van der Waals surface area contributed by atoms with Gasteiger partial charge in [-0.15, -0.1) is 0 Å². The van der Waals surface area contributed by atoms with Crippen molar-refractivity contribution in [3.63, 3.8) is 0 Å². The van der Waals surface area contributed by atoms with Gasteiger partial charge in [0.25, 0.3) is 5.56 Å². The molecule has 166 valence electrons. The number of benzene rings is 1. The van der Waals surface area contributed by atoms with Crippen LogP contribution in [-0.4, -0.2) is 47.7 Å². The largest absolute Gasteiger partial charge is 0.388 e. The number of aromatic nitrogens is 5. The molecule has 4 aromatic rings. The molecular weight excluding hydrogens is 435 g/mol. The molecule has 10 heteroatoms. The molecule has 5 rings (SSSR count). The average molecular weight is 457 g/mol. The third kappa shape index (κ3) is 3.52. The molecule has 0 atom stereocenters. The molecule has 0 unspecified atom stereocenters. The zero-order valence-electron chi connectivity index (χ0n) is 17.4. The van der Waals surface area contributed by atoms with Crippen molar-refractivity contribution in [2.45, 2.75) is 25.0 Å². The maximum atomic E-state index is 14.6. The Balaban J connectivity index is 1.59. The van der Waals surface area contributed by atoms with Crippen LogP contribution in [0.5, 0.6) is 0 Å². The summed E-state index contributed by atoms with van der Waals surface area (Å²) in [6.45, 7) is 1.57. The zero-order valence-corrected chi connectivity index (χ0v) is 18.2. The number of piperidine rings is 1. The Bertz CT molecular complexity index is 1370. The van der Waals surface area contributed by atoms with Gasteiger partial charge in [-0.3, -0.25) is 18.6 Å². The summed E-state index contributed by atoms with van der Waals surface area (Å²) in [7, 11) is 1.74. The van der Waals surface area contributed by atoms with E-state index in [0.717, 1.165) is 0 Å². The lowest BCUT2D eigenvalue weighted by molar-refractivity contribution is -0.00628. The number of hydrogen-bond donors (Lipinski definition) is 2. The van der Waals surface area contributed by atoms with Crippen molar-refractivity contribution in [1.29, 1.82) is 0 Å². The van der Waals surface area contributed by atoms with Gasteiger partial charge in [0.1, 0.15) is 17.3 Å². The molecule has 8 nitrogen and oxygen atoms in total. The van der Waals surface area contributed by atoms with Crippen LogP contribution in [0, 0.1) is 5.82 Å². The Morgan fingerprint density at radius 1 is 1.25 bits per heavy atom. The van der Waals surface area contributed by atoms with Gasteiger partial charge in [-0.25, -0.2) is 9.37 Å². The van der Waals surface area contributed by atoms with Gasteiger partial charge in [-0.1, -0.05) is 11.6 Å². The Kier molecular flexibility index (Phi) is 5.11. The van der Waals surface area contributed by atoms with Gasteiger partial charge in [-0.05, 0) is 56.3 Å². The molecule has 1 saturated heterocycles. The third-order valence-corrected chi connectivity index (χ3v) is 6.32. The number of aryl methyl sites for hydroxylation is 1. The molecule has 0 saturated carbocycles. The molecule has 3 aromatic heterocycles. The molecular formula is C22H22ClFN6O2. The number of nitrogens with one attached hydrogen (secondary N) is 1. The number of halogens is 2. The number of aliphatic hydroxyl groups is 1. The summed E-state index contributed by atoms with van der Waals surface area (Å²) in [6, 6.07) is 7.88. The lowest BCUT2D eigenvalue weighted by atomic mass is 9.92. The quantitative estimate of drug-likeness (QED) is 0.492. The van der Waals surface area contributed by atoms with Crippen LogP contribution in [0.15, 0.2) is 47.7 Å². The second-order valence-electron chi connectivity index (χ2n) is 8.20. The van der Waals surface area contributed by atoms with E-state index in [-0.39, 0.29) is 17.3 Å². The molecule has 4 heterocycles. The van der Waals surface area contributed by atoms with Crippen LogP contribution in [0.3, 0.4) is 0 Å². The van der Waals surface area contributed by atoms with Gasteiger partial charge in [-0.2, -0.15) is 5.10 Å². The Morgan fingerprint density at radius 3 is 2.75 bits per heavy atom. The highest BCUT2D eigenvalue weighted by molar-refractivity contribution is 6.31. The molecule has 0 aliphatic carbocycles. The summed E-state index contributed by atoms with van der Waals surface area (Å²) in [5.41, 5.74) is 0.687. The van der Waals surface area contributed by atoms with E-state index in [1.807, 2.05) is 0 Å². The summed E-state index contributed by atoms with van der Waals surface area (Å²) in [4.78, 5) is 17.6. The van der Waals surface area contributed by atoms with Gasteiger partial charge >= 0.3 is 0 Å². The van der Waals surface area contributed by atoms with Crippen molar-refractivity contribution in [2.24, 2.45) is 7.05 Å². The SMILES string of the molecule is Cn1nccc1-c1cc(-n2c(Cl)cc3c(=O)n(CC4(O)CCNCC4)cnc32)ccc1F. The Labute approximate surface area is 187 Å². The van der Waals surface area contributed by atoms with E-state index in [4.69, 9.17) is 11.6 Å². The number of fused-ring (bicyclic) bond motifs is 1. The first-order chi connectivity index (χ1) is 15.4. The van der Waals surface area contributed by atoms with Crippen molar-refractivity contribution >= 4 is 22.6 Å². The maximum absolute atomic E-state index is 14.6. The molecule has 1 aliphatic heterocycles. The first-order valence-corrected chi connectivity index (χ1v) is 10.7. The summed E-state index contributed by atoms with van der Waals surface area (Å²) in [5.74, 6) is -0.393. The molecule has 32 heavy (non-hydrogen) atoms. The summed E-state index contributed by atoms with van der Waals surface area (Å²) < 4.78 is 19.2. The van der Waals surface area contributed by atoms with Crippen LogP contribution >= 0.6 is 11.6 Å². The van der Waals surface area contributed by atoms with Crippen molar-refractivity contribution in [3.8, 4) is 16.9 Å². The van der Waals surface area contributed by atoms with Crippen LogP contribution in [0.25, 0.3) is 28.0 Å². The fourth-order valence-electron chi connectivity index (χ4n) is 4.30. The molecule has 0 bridgehead atoms. The van der Waals surface area contributed by atoms with Crippen LogP contribution in [0.4, 0.5) is 4.39 Å². The molecule has 0 spiro atoms. The molecule has 1 fully saturated rings. The fraction of sp³-hybridized carbons (Fsp3) is 0.318. The van der Waals surface area contributed by atoms with Crippen molar-refractivity contribution < 1.29 is 9.50 Å². The predicted molar refractivity (Wildman–Crippen MR) is 120 cm³/mol. The lowest BCUT2D eigenvalue weighted by Gasteiger charge is -2.32. The maximum Gasteiger partial charge on any atom is 0.262 e. The van der Waals surface area contributed by atoms with Crippen LogP contribution in [0.1, 0.15) is 12.8 Å². The Hall–Kier alpha value is -3.01. The summed E-state index contributed by atoms with van der Waals surface area (Å²) >= 11 is 6.50. The van der Waals surface area contributed by atoms with E-state index >= 15 is 0 Å². The third-order valence-electron chi connectivity index (χ3n) is 6.04. The highest BCUT2D eigenvalue weighted by Gasteiger charge is 2.30. The highest BCUT2D eigenvalue weighted by atomic mass is 35.5. The lowest BCUT2D eigenvalue weighted by Crippen LogP contribution is -2.46. The minimum absolute atomic E-state index is 0.167. The molecule has 2 N–H and O–H groups in total. The van der Waals surface area contributed by atoms with E-state index in [1.54, 1.807) is 46.8 Å². The normalized spacial score (nSPS) is 16.0. The van der Waals surface area contributed by atoms with Gasteiger partial charge in [0.2, 0.25) is 0 Å². The van der Waals surface area contributed by atoms with Gasteiger partial charge in [0.15, 0.2) is 5.65 Å². The topological polar surface area (TPSA) is 89.9 Å². The number of hydrogen-bond acceptors (Lipinski definition) is 5. The molecule has 1 aromatic carbocycles. The molecule has 0 amide bonds. The highest BCUT2D eigenvalue weighted by Crippen LogP contribution is 2.30.